The molecule has 1 aliphatic rings. The Morgan fingerprint density at radius 3 is 2.62 bits per heavy atom. The highest BCUT2D eigenvalue weighted by atomic mass is 16.3. The van der Waals surface area contributed by atoms with Crippen LogP contribution in [0.1, 0.15) is 33.1 Å². The first-order chi connectivity index (χ1) is 7.56. The number of aliphatic hydroxyl groups excluding tert-OH is 1. The highest BCUT2D eigenvalue weighted by molar-refractivity contribution is 5.78. The summed E-state index contributed by atoms with van der Waals surface area (Å²) in [5.41, 5.74) is 5.67. The molecule has 1 fully saturated rings. The third-order valence-corrected chi connectivity index (χ3v) is 3.79. The summed E-state index contributed by atoms with van der Waals surface area (Å²) in [6.07, 6.45) is 3.35. The van der Waals surface area contributed by atoms with Gasteiger partial charge in [0.1, 0.15) is 0 Å². The van der Waals surface area contributed by atoms with Gasteiger partial charge in [-0.25, -0.2) is 0 Å². The summed E-state index contributed by atoms with van der Waals surface area (Å²) in [7, 11) is 0. The number of carbonyl (C=O) groups is 1. The highest BCUT2D eigenvalue weighted by Gasteiger charge is 2.27. The smallest absolute Gasteiger partial charge is 0.224 e. The van der Waals surface area contributed by atoms with Crippen LogP contribution in [0.25, 0.3) is 0 Å². The fraction of sp³-hybridized carbons (Fsp3) is 0.917. The molecule has 4 nitrogen and oxygen atoms in total. The maximum absolute atomic E-state index is 11.7. The number of nitrogens with two attached hydrogens (primary N) is 1. The highest BCUT2D eigenvalue weighted by Crippen LogP contribution is 2.30. The van der Waals surface area contributed by atoms with Gasteiger partial charge >= 0.3 is 0 Å². The van der Waals surface area contributed by atoms with Crippen LogP contribution in [-0.4, -0.2) is 30.2 Å². The summed E-state index contributed by atoms with van der Waals surface area (Å²) in [6.45, 7) is 4.61. The van der Waals surface area contributed by atoms with Crippen molar-refractivity contribution < 1.29 is 9.90 Å². The molecule has 4 N–H and O–H groups in total. The first kappa shape index (κ1) is 13.5. The maximum atomic E-state index is 11.7. The van der Waals surface area contributed by atoms with E-state index in [2.05, 4.69) is 5.32 Å². The molecule has 1 saturated carbocycles. The van der Waals surface area contributed by atoms with Crippen molar-refractivity contribution in [1.82, 2.24) is 5.32 Å². The van der Waals surface area contributed by atoms with Crippen LogP contribution >= 0.6 is 0 Å². The van der Waals surface area contributed by atoms with E-state index >= 15 is 0 Å². The van der Waals surface area contributed by atoms with Gasteiger partial charge in [-0.15, -0.1) is 0 Å². The zero-order valence-corrected chi connectivity index (χ0v) is 10.3. The number of amides is 1. The molecule has 16 heavy (non-hydrogen) atoms. The average molecular weight is 228 g/mol. The van der Waals surface area contributed by atoms with Crippen LogP contribution in [0, 0.1) is 17.8 Å². The van der Waals surface area contributed by atoms with Crippen LogP contribution in [0.4, 0.5) is 0 Å². The standard InChI is InChI=1S/C12H24N2O2/c1-8(9(2)13)12(16)14-6-10-4-3-5-11(10)7-15/h8-11,15H,3-7,13H2,1-2H3,(H,14,16). The maximum Gasteiger partial charge on any atom is 0.224 e. The topological polar surface area (TPSA) is 75.4 Å². The molecule has 0 spiro atoms. The summed E-state index contributed by atoms with van der Waals surface area (Å²) < 4.78 is 0. The number of hydrogen-bond donors (Lipinski definition) is 3. The van der Waals surface area contributed by atoms with Gasteiger partial charge in [-0.1, -0.05) is 13.3 Å². The minimum atomic E-state index is -0.144. The first-order valence-electron chi connectivity index (χ1n) is 6.20. The Kier molecular flexibility index (Phi) is 5.22. The van der Waals surface area contributed by atoms with Crippen LogP contribution in [-0.2, 0) is 4.79 Å². The van der Waals surface area contributed by atoms with E-state index in [-0.39, 0.29) is 24.5 Å². The van der Waals surface area contributed by atoms with Crippen LogP contribution in [0.2, 0.25) is 0 Å². The van der Waals surface area contributed by atoms with E-state index in [0.29, 0.717) is 18.4 Å². The molecule has 94 valence electrons. The van der Waals surface area contributed by atoms with E-state index in [1.54, 1.807) is 0 Å². The molecular weight excluding hydrogens is 204 g/mol. The van der Waals surface area contributed by atoms with Gasteiger partial charge in [-0.05, 0) is 31.6 Å². The van der Waals surface area contributed by atoms with E-state index in [4.69, 9.17) is 10.8 Å². The minimum Gasteiger partial charge on any atom is -0.396 e. The summed E-state index contributed by atoms with van der Waals surface area (Å²) >= 11 is 0. The molecule has 1 amide bonds. The molecular formula is C12H24N2O2. The van der Waals surface area contributed by atoms with E-state index < -0.39 is 0 Å². The van der Waals surface area contributed by atoms with Gasteiger partial charge in [0.2, 0.25) is 5.91 Å². The van der Waals surface area contributed by atoms with Crippen molar-refractivity contribution in [3.05, 3.63) is 0 Å². The van der Waals surface area contributed by atoms with Crippen molar-refractivity contribution in [1.29, 1.82) is 0 Å². The molecule has 4 unspecified atom stereocenters. The molecule has 0 radical (unpaired) electrons. The molecule has 4 heteroatoms. The number of aliphatic hydroxyl groups is 1. The van der Waals surface area contributed by atoms with Crippen molar-refractivity contribution in [2.24, 2.45) is 23.5 Å². The molecule has 0 aromatic heterocycles. The van der Waals surface area contributed by atoms with E-state index in [0.717, 1.165) is 19.3 Å². The summed E-state index contributed by atoms with van der Waals surface area (Å²) in [6, 6.07) is -0.114. The lowest BCUT2D eigenvalue weighted by atomic mass is 9.96. The number of rotatable bonds is 5. The lowest BCUT2D eigenvalue weighted by Gasteiger charge is -2.20. The monoisotopic (exact) mass is 228 g/mol. The SMILES string of the molecule is CC(N)C(C)C(=O)NCC1CCCC1CO. The fourth-order valence-electron chi connectivity index (χ4n) is 2.25. The normalized spacial score (nSPS) is 28.8. The molecule has 1 aliphatic carbocycles. The Balaban J connectivity index is 2.31. The Morgan fingerprint density at radius 2 is 2.06 bits per heavy atom. The molecule has 0 aromatic carbocycles. The average Bonchev–Trinajstić information content (AvgIpc) is 2.71. The predicted molar refractivity (Wildman–Crippen MR) is 63.7 cm³/mol. The summed E-state index contributed by atoms with van der Waals surface area (Å²) in [5.74, 6) is 0.688. The van der Waals surface area contributed by atoms with Crippen LogP contribution < -0.4 is 11.1 Å². The second kappa shape index (κ2) is 6.21. The molecule has 0 bridgehead atoms. The Hall–Kier alpha value is -0.610. The summed E-state index contributed by atoms with van der Waals surface area (Å²) in [5, 5.41) is 12.1. The minimum absolute atomic E-state index is 0.0265. The van der Waals surface area contributed by atoms with E-state index in [1.807, 2.05) is 13.8 Å². The van der Waals surface area contributed by atoms with Crippen LogP contribution in [0.15, 0.2) is 0 Å². The van der Waals surface area contributed by atoms with Gasteiger partial charge in [-0.3, -0.25) is 4.79 Å². The molecule has 1 rings (SSSR count). The van der Waals surface area contributed by atoms with Gasteiger partial charge in [0.25, 0.3) is 0 Å². The van der Waals surface area contributed by atoms with Crippen molar-refractivity contribution in [3.8, 4) is 0 Å². The van der Waals surface area contributed by atoms with E-state index in [9.17, 15) is 4.79 Å². The largest absolute Gasteiger partial charge is 0.396 e. The van der Waals surface area contributed by atoms with Crippen molar-refractivity contribution in [2.45, 2.75) is 39.2 Å². The quantitative estimate of drug-likeness (QED) is 0.641. The van der Waals surface area contributed by atoms with Gasteiger partial charge in [0.15, 0.2) is 0 Å². The number of hydrogen-bond acceptors (Lipinski definition) is 3. The van der Waals surface area contributed by atoms with Crippen LogP contribution in [0.3, 0.4) is 0 Å². The third kappa shape index (κ3) is 3.46. The lowest BCUT2D eigenvalue weighted by Crippen LogP contribution is -2.41. The summed E-state index contributed by atoms with van der Waals surface area (Å²) in [4.78, 5) is 11.7. The van der Waals surface area contributed by atoms with Gasteiger partial charge in [0, 0.05) is 25.1 Å². The molecule has 0 aliphatic heterocycles. The second-order valence-electron chi connectivity index (χ2n) is 5.03. The second-order valence-corrected chi connectivity index (χ2v) is 5.03. The predicted octanol–water partition coefficient (Wildman–Crippen LogP) is 0.494. The first-order valence-corrected chi connectivity index (χ1v) is 6.20. The third-order valence-electron chi connectivity index (χ3n) is 3.79. The molecule has 0 heterocycles. The number of carbonyl (C=O) groups excluding carboxylic acids is 1. The lowest BCUT2D eigenvalue weighted by molar-refractivity contribution is -0.125. The van der Waals surface area contributed by atoms with Gasteiger partial charge in [0.05, 0.1) is 0 Å². The zero-order valence-electron chi connectivity index (χ0n) is 10.3. The zero-order chi connectivity index (χ0) is 12.1. The van der Waals surface area contributed by atoms with Crippen molar-refractivity contribution >= 4 is 5.91 Å². The van der Waals surface area contributed by atoms with Gasteiger partial charge in [-0.2, -0.15) is 0 Å². The van der Waals surface area contributed by atoms with Gasteiger partial charge < -0.3 is 16.2 Å². The Labute approximate surface area is 97.6 Å². The molecule has 0 saturated heterocycles. The fourth-order valence-corrected chi connectivity index (χ4v) is 2.25. The molecule has 0 aromatic rings. The van der Waals surface area contributed by atoms with Crippen molar-refractivity contribution in [3.63, 3.8) is 0 Å². The Morgan fingerprint density at radius 1 is 1.44 bits per heavy atom. The van der Waals surface area contributed by atoms with Crippen molar-refractivity contribution in [2.75, 3.05) is 13.2 Å². The van der Waals surface area contributed by atoms with Crippen LogP contribution in [0.5, 0.6) is 0 Å². The van der Waals surface area contributed by atoms with E-state index in [1.165, 1.54) is 0 Å². The Bertz CT molecular complexity index is 231. The molecule has 4 atom stereocenters. The number of nitrogens with one attached hydrogen (secondary N) is 1.